The second-order valence-corrected chi connectivity index (χ2v) is 2.49. The fourth-order valence-electron chi connectivity index (χ4n) is 0.328. The molecule has 0 aliphatic heterocycles. The van der Waals surface area contributed by atoms with Crippen LogP contribution < -0.4 is 0 Å². The number of thioether (sulfide) groups is 1. The Morgan fingerprint density at radius 3 is 2.90 bits per heavy atom. The maximum atomic E-state index is 10.1. The second-order valence-electron chi connectivity index (χ2n) is 1.39. The van der Waals surface area contributed by atoms with Gasteiger partial charge in [0.2, 0.25) is 0 Å². The number of rotatable bonds is 4. The molecule has 0 amide bonds. The maximum absolute atomic E-state index is 10.1. The largest absolute Gasteiger partial charge is 0.297 e. The van der Waals surface area contributed by atoms with Crippen LogP contribution in [0.5, 0.6) is 0 Å². The van der Waals surface area contributed by atoms with Crippen molar-refractivity contribution >= 4 is 18.0 Å². The molecular weight excluding hydrogens is 146 g/mol. The van der Waals surface area contributed by atoms with Crippen LogP contribution in [0.3, 0.4) is 0 Å². The Hall–Kier alpha value is -1.01. The zero-order valence-corrected chi connectivity index (χ0v) is 6.23. The van der Waals surface area contributed by atoms with E-state index in [1.807, 2.05) is 0 Å². The van der Waals surface area contributed by atoms with Crippen LogP contribution in [-0.2, 0) is 4.79 Å². The maximum Gasteiger partial charge on any atom is 0.157 e. The molecule has 0 N–H and O–H groups in total. The van der Waals surface area contributed by atoms with E-state index in [0.29, 0.717) is 16.9 Å². The lowest BCUT2D eigenvalue weighted by Gasteiger charge is -1.90. The molecule has 0 fully saturated rings. The smallest absolute Gasteiger partial charge is 0.157 e. The Morgan fingerprint density at radius 1 is 1.80 bits per heavy atom. The van der Waals surface area contributed by atoms with Crippen molar-refractivity contribution in [1.29, 1.82) is 5.26 Å². The van der Waals surface area contributed by atoms with E-state index >= 15 is 0 Å². The Morgan fingerprint density at radius 2 is 2.50 bits per heavy atom. The van der Waals surface area contributed by atoms with Crippen LogP contribution in [0.4, 0.5) is 0 Å². The lowest BCUT2D eigenvalue weighted by molar-refractivity contribution is -0.104. The molecule has 52 valence electrons. The summed E-state index contributed by atoms with van der Waals surface area (Å²) in [5.74, 6) is 0.659. The van der Waals surface area contributed by atoms with E-state index in [1.54, 1.807) is 12.1 Å². The Labute approximate surface area is 64.2 Å². The van der Waals surface area contributed by atoms with Crippen molar-refractivity contribution in [3.8, 4) is 6.07 Å². The van der Waals surface area contributed by atoms with Crippen LogP contribution in [0.25, 0.3) is 0 Å². The van der Waals surface area contributed by atoms with Gasteiger partial charge in [0.05, 0.1) is 11.0 Å². The number of nitrogens with zero attached hydrogens (tertiary/aromatic N) is 1. The van der Waals surface area contributed by atoms with Gasteiger partial charge in [0, 0.05) is 11.8 Å². The van der Waals surface area contributed by atoms with Gasteiger partial charge in [0.1, 0.15) is 0 Å². The first kappa shape index (κ1) is 8.99. The average molecular weight is 153 g/mol. The topological polar surface area (TPSA) is 40.9 Å². The van der Waals surface area contributed by atoms with Crippen molar-refractivity contribution < 1.29 is 4.79 Å². The molecule has 0 aromatic carbocycles. The number of aldehydes is 1. The summed E-state index contributed by atoms with van der Waals surface area (Å²) in [5, 5.41) is 8.14. The monoisotopic (exact) mass is 153 g/mol. The minimum Gasteiger partial charge on any atom is -0.297 e. The van der Waals surface area contributed by atoms with Gasteiger partial charge in [0.15, 0.2) is 6.29 Å². The van der Waals surface area contributed by atoms with Crippen LogP contribution in [0, 0.1) is 11.3 Å². The summed E-state index contributed by atoms with van der Waals surface area (Å²) < 4.78 is 0. The number of carbonyl (C=O) groups excluding carboxylic acids is 1. The highest BCUT2D eigenvalue weighted by atomic mass is 32.2. The Balaban J connectivity index is 3.85. The normalized spacial score (nSPS) is 10.1. The zero-order valence-electron chi connectivity index (χ0n) is 5.41. The van der Waals surface area contributed by atoms with Crippen molar-refractivity contribution in [3.05, 3.63) is 23.6 Å². The molecule has 0 spiro atoms. The molecule has 0 saturated heterocycles. The van der Waals surface area contributed by atoms with E-state index in [2.05, 4.69) is 6.58 Å². The number of carbonyl (C=O) groups is 1. The highest BCUT2D eigenvalue weighted by Crippen LogP contribution is 2.11. The molecule has 0 radical (unpaired) electrons. The predicted molar refractivity (Wildman–Crippen MR) is 42.4 cm³/mol. The van der Waals surface area contributed by atoms with Crippen molar-refractivity contribution in [2.24, 2.45) is 0 Å². The summed E-state index contributed by atoms with van der Waals surface area (Å²) in [6.45, 7) is 3.48. The number of hydrogen-bond acceptors (Lipinski definition) is 3. The molecule has 2 nitrogen and oxygen atoms in total. The molecule has 0 aliphatic carbocycles. The van der Waals surface area contributed by atoms with E-state index in [9.17, 15) is 4.79 Å². The summed E-state index contributed by atoms with van der Waals surface area (Å²) >= 11 is 1.30. The molecule has 0 aliphatic rings. The fraction of sp³-hybridized carbons (Fsp3) is 0.143. The summed E-state index contributed by atoms with van der Waals surface area (Å²) in [6.07, 6.45) is 3.57. The summed E-state index contributed by atoms with van der Waals surface area (Å²) in [6, 6.07) is 1.78. The molecule has 0 unspecified atom stereocenters. The highest BCUT2D eigenvalue weighted by molar-refractivity contribution is 8.04. The first-order chi connectivity index (χ1) is 4.85. The third-order valence-electron chi connectivity index (χ3n) is 0.691. The van der Waals surface area contributed by atoms with Crippen LogP contribution >= 0.6 is 11.8 Å². The van der Waals surface area contributed by atoms with Crippen LogP contribution in [0.15, 0.2) is 23.6 Å². The Kier molecular flexibility index (Phi) is 5.50. The predicted octanol–water partition coefficient (Wildman–Crippen LogP) is 1.51. The first-order valence-corrected chi connectivity index (χ1v) is 3.62. The molecule has 3 heteroatoms. The van der Waals surface area contributed by atoms with E-state index in [-0.39, 0.29) is 0 Å². The van der Waals surface area contributed by atoms with Gasteiger partial charge >= 0.3 is 0 Å². The molecule has 0 rings (SSSR count). The lowest BCUT2D eigenvalue weighted by atomic mass is 10.5. The van der Waals surface area contributed by atoms with Gasteiger partial charge in [-0.25, -0.2) is 0 Å². The SMILES string of the molecule is C=CCSC(C=O)=CC#N. The minimum absolute atomic E-state index is 0.447. The van der Waals surface area contributed by atoms with Crippen molar-refractivity contribution in [3.63, 3.8) is 0 Å². The van der Waals surface area contributed by atoms with Crippen LogP contribution in [0.1, 0.15) is 0 Å². The number of nitriles is 1. The van der Waals surface area contributed by atoms with Crippen molar-refractivity contribution in [1.82, 2.24) is 0 Å². The second kappa shape index (κ2) is 6.12. The molecule has 0 aromatic rings. The van der Waals surface area contributed by atoms with Gasteiger partial charge in [-0.15, -0.1) is 18.3 Å². The molecule has 0 heterocycles. The molecule has 0 bridgehead atoms. The average Bonchev–Trinajstić information content (AvgIpc) is 1.98. The number of allylic oxidation sites excluding steroid dienone is 2. The van der Waals surface area contributed by atoms with Gasteiger partial charge in [-0.3, -0.25) is 4.79 Å². The molecule has 10 heavy (non-hydrogen) atoms. The first-order valence-electron chi connectivity index (χ1n) is 2.63. The van der Waals surface area contributed by atoms with E-state index in [0.717, 1.165) is 0 Å². The summed E-state index contributed by atoms with van der Waals surface area (Å²) in [5.41, 5.74) is 0. The van der Waals surface area contributed by atoms with E-state index in [4.69, 9.17) is 5.26 Å². The van der Waals surface area contributed by atoms with Gasteiger partial charge in [-0.1, -0.05) is 6.08 Å². The van der Waals surface area contributed by atoms with Gasteiger partial charge in [-0.05, 0) is 0 Å². The van der Waals surface area contributed by atoms with Gasteiger partial charge in [-0.2, -0.15) is 5.26 Å². The summed E-state index contributed by atoms with van der Waals surface area (Å²) in [4.78, 5) is 10.6. The van der Waals surface area contributed by atoms with Crippen LogP contribution in [-0.4, -0.2) is 12.0 Å². The molecule has 0 saturated carbocycles. The minimum atomic E-state index is 0.447. The van der Waals surface area contributed by atoms with Crippen LogP contribution in [0.2, 0.25) is 0 Å². The van der Waals surface area contributed by atoms with Crippen molar-refractivity contribution in [2.45, 2.75) is 0 Å². The molecule has 0 atom stereocenters. The lowest BCUT2D eigenvalue weighted by Crippen LogP contribution is -1.78. The summed E-state index contributed by atoms with van der Waals surface area (Å²) in [7, 11) is 0. The zero-order chi connectivity index (χ0) is 7.82. The van der Waals surface area contributed by atoms with E-state index in [1.165, 1.54) is 17.8 Å². The van der Waals surface area contributed by atoms with Gasteiger partial charge in [0.25, 0.3) is 0 Å². The van der Waals surface area contributed by atoms with Gasteiger partial charge < -0.3 is 0 Å². The fourth-order valence-corrected chi connectivity index (χ4v) is 0.843. The van der Waals surface area contributed by atoms with Crippen molar-refractivity contribution in [2.75, 3.05) is 5.75 Å². The molecular formula is C7H7NOS. The standard InChI is InChI=1S/C7H7NOS/c1-2-5-10-7(6-9)3-4-8/h2-3,6H,1,5H2. The number of hydrogen-bond donors (Lipinski definition) is 0. The quantitative estimate of drug-likeness (QED) is 0.266. The highest BCUT2D eigenvalue weighted by Gasteiger charge is 1.91. The van der Waals surface area contributed by atoms with E-state index < -0.39 is 0 Å². The molecule has 0 aromatic heterocycles. The third-order valence-corrected chi connectivity index (χ3v) is 1.64. The Bertz CT molecular complexity index is 190. The third kappa shape index (κ3) is 3.93.